The van der Waals surface area contributed by atoms with Crippen molar-refractivity contribution < 1.29 is 39.0 Å². The Morgan fingerprint density at radius 1 is 0.854 bits per heavy atom. The minimum atomic E-state index is -1.50. The van der Waals surface area contributed by atoms with Crippen LogP contribution in [-0.2, 0) is 35.2 Å². The van der Waals surface area contributed by atoms with Crippen molar-refractivity contribution in [2.24, 2.45) is 17.4 Å². The van der Waals surface area contributed by atoms with Gasteiger partial charge in [0.15, 0.2) is 0 Å². The van der Waals surface area contributed by atoms with Crippen molar-refractivity contribution in [3.63, 3.8) is 0 Å². The van der Waals surface area contributed by atoms with Gasteiger partial charge in [-0.3, -0.25) is 24.0 Å². The second-order valence-corrected chi connectivity index (χ2v) is 10.3. The normalized spacial score (nSPS) is 14.0. The number of rotatable bonds is 17. The van der Waals surface area contributed by atoms with Gasteiger partial charge in [0.2, 0.25) is 23.6 Å². The number of nitrogens with two attached hydrogens (primary N) is 2. The molecule has 224 valence electrons. The zero-order chi connectivity index (χ0) is 30.7. The molecule has 0 aliphatic heterocycles. The van der Waals surface area contributed by atoms with Gasteiger partial charge in [-0.2, -0.15) is 0 Å². The maximum atomic E-state index is 13.4. The number of aromatic amines is 1. The molecule has 41 heavy (non-hydrogen) atoms. The van der Waals surface area contributed by atoms with Crippen molar-refractivity contribution in [3.8, 4) is 0 Å². The first kappa shape index (κ1) is 32.8. The zero-order valence-corrected chi connectivity index (χ0v) is 23.0. The number of aliphatic carboxylic acids is 2. The largest absolute Gasteiger partial charge is 0.481 e. The summed E-state index contributed by atoms with van der Waals surface area (Å²) < 4.78 is 0. The number of hydrogen-bond acceptors (Lipinski definition) is 7. The van der Waals surface area contributed by atoms with Gasteiger partial charge in [-0.25, -0.2) is 4.79 Å². The lowest BCUT2D eigenvalue weighted by atomic mass is 10.00. The molecule has 0 saturated heterocycles. The number of H-pyrrole nitrogens is 1. The second-order valence-electron chi connectivity index (χ2n) is 10.3. The summed E-state index contributed by atoms with van der Waals surface area (Å²) in [7, 11) is 0. The quantitative estimate of drug-likeness (QED) is 0.124. The van der Waals surface area contributed by atoms with Gasteiger partial charge in [-0.05, 0) is 36.8 Å². The molecule has 0 aliphatic rings. The number of amides is 4. The molecule has 0 spiro atoms. The Hall–Kier alpha value is -4.46. The summed E-state index contributed by atoms with van der Waals surface area (Å²) in [5.74, 6) is -5.55. The molecule has 1 aromatic heterocycles. The van der Waals surface area contributed by atoms with Crippen LogP contribution in [0.5, 0.6) is 0 Å². The molecule has 0 aliphatic carbocycles. The molecule has 1 aromatic carbocycles. The molecular weight excluding hydrogens is 536 g/mol. The first-order chi connectivity index (χ1) is 19.3. The van der Waals surface area contributed by atoms with E-state index in [2.05, 4.69) is 20.9 Å². The van der Waals surface area contributed by atoms with Crippen LogP contribution >= 0.6 is 0 Å². The Balaban J connectivity index is 2.30. The minimum absolute atomic E-state index is 0.0182. The molecular formula is C27H38N6O8. The number of primary amides is 1. The molecule has 0 bridgehead atoms. The van der Waals surface area contributed by atoms with Crippen LogP contribution in [0.25, 0.3) is 10.9 Å². The van der Waals surface area contributed by atoms with Gasteiger partial charge >= 0.3 is 11.9 Å². The SMILES string of the molecule is CC(C)CC(NC(=O)C(N)CCC(N)=O)C(=O)NC(Cc1c[nH]c2ccccc12)C(=O)NC(CCC(=O)O)C(=O)O. The van der Waals surface area contributed by atoms with E-state index in [1.54, 1.807) is 12.3 Å². The van der Waals surface area contributed by atoms with E-state index >= 15 is 0 Å². The van der Waals surface area contributed by atoms with Gasteiger partial charge < -0.3 is 42.6 Å². The highest BCUT2D eigenvalue weighted by Gasteiger charge is 2.31. The smallest absolute Gasteiger partial charge is 0.326 e. The lowest BCUT2D eigenvalue weighted by molar-refractivity contribution is -0.143. The monoisotopic (exact) mass is 574 g/mol. The minimum Gasteiger partial charge on any atom is -0.481 e. The summed E-state index contributed by atoms with van der Waals surface area (Å²) in [4.78, 5) is 76.2. The summed E-state index contributed by atoms with van der Waals surface area (Å²) in [6.45, 7) is 3.66. The maximum Gasteiger partial charge on any atom is 0.326 e. The number of aromatic nitrogens is 1. The van der Waals surface area contributed by atoms with Crippen LogP contribution in [0.4, 0.5) is 0 Å². The molecule has 4 unspecified atom stereocenters. The fourth-order valence-corrected chi connectivity index (χ4v) is 4.21. The fraction of sp³-hybridized carbons (Fsp3) is 0.481. The molecule has 0 saturated carbocycles. The molecule has 1 heterocycles. The molecule has 4 amide bonds. The van der Waals surface area contributed by atoms with Crippen molar-refractivity contribution in [2.45, 2.75) is 76.5 Å². The van der Waals surface area contributed by atoms with Crippen molar-refractivity contribution >= 4 is 46.5 Å². The van der Waals surface area contributed by atoms with Gasteiger partial charge in [-0.15, -0.1) is 0 Å². The van der Waals surface area contributed by atoms with Crippen LogP contribution < -0.4 is 27.4 Å². The van der Waals surface area contributed by atoms with E-state index in [-0.39, 0.29) is 38.0 Å². The summed E-state index contributed by atoms with van der Waals surface area (Å²) in [5, 5.41) is 26.8. The number of carbonyl (C=O) groups excluding carboxylic acids is 4. The van der Waals surface area contributed by atoms with Crippen LogP contribution in [0.15, 0.2) is 30.5 Å². The number of nitrogens with one attached hydrogen (secondary N) is 4. The van der Waals surface area contributed by atoms with Crippen LogP contribution in [-0.4, -0.2) is 74.9 Å². The molecule has 10 N–H and O–H groups in total. The van der Waals surface area contributed by atoms with E-state index in [0.29, 0.717) is 5.56 Å². The molecule has 14 nitrogen and oxygen atoms in total. The van der Waals surface area contributed by atoms with Gasteiger partial charge in [-0.1, -0.05) is 32.0 Å². The number of fused-ring (bicyclic) bond motifs is 1. The predicted octanol–water partition coefficient (Wildman–Crippen LogP) is -0.247. The third kappa shape index (κ3) is 10.6. The second kappa shape index (κ2) is 15.4. The van der Waals surface area contributed by atoms with E-state index in [9.17, 15) is 33.9 Å². The van der Waals surface area contributed by atoms with Crippen LogP contribution in [0, 0.1) is 5.92 Å². The molecule has 0 radical (unpaired) electrons. The Morgan fingerprint density at radius 2 is 1.46 bits per heavy atom. The van der Waals surface area contributed by atoms with Crippen molar-refractivity contribution in [2.75, 3.05) is 0 Å². The Kier molecular flexibility index (Phi) is 12.3. The Morgan fingerprint density at radius 3 is 2.07 bits per heavy atom. The fourth-order valence-electron chi connectivity index (χ4n) is 4.21. The molecule has 14 heteroatoms. The summed E-state index contributed by atoms with van der Waals surface area (Å²) >= 11 is 0. The van der Waals surface area contributed by atoms with E-state index < -0.39 is 66.2 Å². The van der Waals surface area contributed by atoms with Gasteiger partial charge in [0.25, 0.3) is 0 Å². The Labute approximate surface area is 236 Å². The molecule has 4 atom stereocenters. The van der Waals surface area contributed by atoms with Crippen LogP contribution in [0.2, 0.25) is 0 Å². The molecule has 0 fully saturated rings. The van der Waals surface area contributed by atoms with Crippen molar-refractivity contribution in [1.29, 1.82) is 0 Å². The first-order valence-corrected chi connectivity index (χ1v) is 13.2. The number of para-hydroxylation sites is 1. The van der Waals surface area contributed by atoms with Gasteiger partial charge in [0.05, 0.1) is 6.04 Å². The third-order valence-corrected chi connectivity index (χ3v) is 6.37. The third-order valence-electron chi connectivity index (χ3n) is 6.37. The highest BCUT2D eigenvalue weighted by molar-refractivity contribution is 5.95. The van der Waals surface area contributed by atoms with E-state index in [1.165, 1.54) is 0 Å². The number of benzene rings is 1. The average Bonchev–Trinajstić information content (AvgIpc) is 3.30. The summed E-state index contributed by atoms with van der Waals surface area (Å²) in [5.41, 5.74) is 12.4. The number of carboxylic acids is 2. The van der Waals surface area contributed by atoms with Crippen molar-refractivity contribution in [3.05, 3.63) is 36.0 Å². The van der Waals surface area contributed by atoms with Crippen LogP contribution in [0.1, 0.15) is 51.5 Å². The summed E-state index contributed by atoms with van der Waals surface area (Å²) in [6, 6.07) is 2.30. The highest BCUT2D eigenvalue weighted by Crippen LogP contribution is 2.19. The predicted molar refractivity (Wildman–Crippen MR) is 148 cm³/mol. The van der Waals surface area contributed by atoms with Crippen LogP contribution in [0.3, 0.4) is 0 Å². The molecule has 2 rings (SSSR count). The maximum absolute atomic E-state index is 13.4. The standard InChI is InChI=1S/C27H38N6O8/c1-14(2)11-20(32-24(37)17(28)7-9-22(29)34)25(38)33-21(12-15-13-30-18-6-4-3-5-16(15)18)26(39)31-19(27(40)41)8-10-23(35)36/h3-6,13-14,17,19-21,30H,7-12,28H2,1-2H3,(H2,29,34)(H,31,39)(H,32,37)(H,33,38)(H,35,36)(H,40,41). The first-order valence-electron chi connectivity index (χ1n) is 13.2. The Bertz CT molecular complexity index is 1260. The molecule has 2 aromatic rings. The van der Waals surface area contributed by atoms with E-state index in [1.807, 2.05) is 32.0 Å². The average molecular weight is 575 g/mol. The van der Waals surface area contributed by atoms with Gasteiger partial charge in [0, 0.05) is 36.4 Å². The van der Waals surface area contributed by atoms with Crippen molar-refractivity contribution in [1.82, 2.24) is 20.9 Å². The highest BCUT2D eigenvalue weighted by atomic mass is 16.4. The lowest BCUT2D eigenvalue weighted by Gasteiger charge is -2.26. The van der Waals surface area contributed by atoms with E-state index in [0.717, 1.165) is 10.9 Å². The number of carbonyl (C=O) groups is 6. The summed E-state index contributed by atoms with van der Waals surface area (Å²) in [6.07, 6.45) is 0.839. The number of carboxylic acid groups (broad SMARTS) is 2. The van der Waals surface area contributed by atoms with E-state index in [4.69, 9.17) is 16.6 Å². The topological polar surface area (TPSA) is 247 Å². The lowest BCUT2D eigenvalue weighted by Crippen LogP contribution is -2.57. The number of hydrogen-bond donors (Lipinski definition) is 8. The van der Waals surface area contributed by atoms with Gasteiger partial charge in [0.1, 0.15) is 18.1 Å². The zero-order valence-electron chi connectivity index (χ0n) is 23.0.